The van der Waals surface area contributed by atoms with Crippen molar-refractivity contribution >= 4 is 34.9 Å². The van der Waals surface area contributed by atoms with E-state index in [4.69, 9.17) is 21.7 Å². The zero-order chi connectivity index (χ0) is 21.8. The molecule has 7 nitrogen and oxygen atoms in total. The number of hydrogen-bond donors (Lipinski definition) is 2. The molecule has 2 N–H and O–H groups in total. The highest BCUT2D eigenvalue weighted by Gasteiger charge is 2.33. The molecule has 29 heavy (non-hydrogen) atoms. The lowest BCUT2D eigenvalue weighted by Gasteiger charge is -2.35. The van der Waals surface area contributed by atoms with E-state index in [-0.39, 0.29) is 12.5 Å². The third kappa shape index (κ3) is 5.55. The van der Waals surface area contributed by atoms with Crippen LogP contribution in [0, 0.1) is 5.41 Å². The van der Waals surface area contributed by atoms with Crippen LogP contribution in [0.25, 0.3) is 0 Å². The summed E-state index contributed by atoms with van der Waals surface area (Å²) in [5, 5.41) is 6.62. The van der Waals surface area contributed by atoms with Gasteiger partial charge in [0.25, 0.3) is 0 Å². The molecule has 0 aliphatic carbocycles. The number of esters is 1. The fraction of sp³-hybridized carbons (Fsp3) is 0.476. The van der Waals surface area contributed by atoms with Crippen LogP contribution in [0.15, 0.2) is 35.5 Å². The van der Waals surface area contributed by atoms with Gasteiger partial charge in [0.05, 0.1) is 18.2 Å². The number of allylic oxidation sites excluding steroid dienone is 1. The average Bonchev–Trinajstić information content (AvgIpc) is 2.65. The van der Waals surface area contributed by atoms with Crippen LogP contribution in [0.4, 0.5) is 5.69 Å². The Bertz CT molecular complexity index is 829. The molecular weight excluding hydrogens is 390 g/mol. The molecule has 158 valence electrons. The molecule has 0 spiro atoms. The molecule has 0 unspecified atom stereocenters. The predicted octanol–water partition coefficient (Wildman–Crippen LogP) is 3.00. The van der Waals surface area contributed by atoms with Gasteiger partial charge in [0.1, 0.15) is 6.61 Å². The second kappa shape index (κ2) is 9.37. The summed E-state index contributed by atoms with van der Waals surface area (Å²) in [6, 6.07) is 6.88. The zero-order valence-corrected chi connectivity index (χ0v) is 18.6. The first kappa shape index (κ1) is 22.8. The Kier molecular flexibility index (Phi) is 7.37. The fourth-order valence-corrected chi connectivity index (χ4v) is 3.01. The maximum absolute atomic E-state index is 12.8. The number of thiocarbonyl (C=S) groups is 1. The molecule has 0 bridgehead atoms. The van der Waals surface area contributed by atoms with Crippen LogP contribution in [0.5, 0.6) is 0 Å². The van der Waals surface area contributed by atoms with Gasteiger partial charge < -0.3 is 25.0 Å². The number of carbonyl (C=O) groups excluding carboxylic acids is 2. The molecule has 1 aliphatic heterocycles. The maximum atomic E-state index is 12.8. The van der Waals surface area contributed by atoms with Crippen LogP contribution in [-0.4, -0.2) is 49.3 Å². The molecule has 1 atom stereocenters. The van der Waals surface area contributed by atoms with Crippen LogP contribution < -0.4 is 10.6 Å². The van der Waals surface area contributed by atoms with Crippen LogP contribution in [0.3, 0.4) is 0 Å². The Hall–Kier alpha value is -2.45. The molecule has 1 amide bonds. The van der Waals surface area contributed by atoms with Gasteiger partial charge in [-0.2, -0.15) is 0 Å². The molecule has 0 saturated carbocycles. The average molecular weight is 420 g/mol. The third-order valence-electron chi connectivity index (χ3n) is 4.65. The second-order valence-corrected chi connectivity index (χ2v) is 8.29. The number of ether oxygens (including phenoxy) is 2. The van der Waals surface area contributed by atoms with Crippen LogP contribution in [0.2, 0.25) is 0 Å². The molecule has 1 aromatic rings. The van der Waals surface area contributed by atoms with Crippen molar-refractivity contribution in [3.8, 4) is 0 Å². The lowest BCUT2D eigenvalue weighted by atomic mass is 9.94. The molecular formula is C21H29N3O4S. The van der Waals surface area contributed by atoms with Crippen LogP contribution in [0.1, 0.15) is 39.3 Å². The van der Waals surface area contributed by atoms with Gasteiger partial charge in [-0.25, -0.2) is 4.79 Å². The highest BCUT2D eigenvalue weighted by atomic mass is 32.1. The monoisotopic (exact) mass is 419 g/mol. The summed E-state index contributed by atoms with van der Waals surface area (Å²) in [6.07, 6.45) is 0. The number of methoxy groups -OCH3 is 1. The van der Waals surface area contributed by atoms with E-state index < -0.39 is 17.4 Å². The van der Waals surface area contributed by atoms with E-state index in [0.717, 1.165) is 5.56 Å². The Morgan fingerprint density at radius 3 is 2.59 bits per heavy atom. The molecule has 1 aliphatic rings. The first-order chi connectivity index (χ1) is 13.6. The summed E-state index contributed by atoms with van der Waals surface area (Å²) < 4.78 is 10.3. The van der Waals surface area contributed by atoms with Gasteiger partial charge in [0.15, 0.2) is 5.11 Å². The first-order valence-corrected chi connectivity index (χ1v) is 9.79. The molecule has 0 saturated heterocycles. The Morgan fingerprint density at radius 2 is 1.97 bits per heavy atom. The van der Waals surface area contributed by atoms with E-state index in [1.54, 1.807) is 19.1 Å². The Balaban J connectivity index is 2.37. The van der Waals surface area contributed by atoms with Crippen LogP contribution in [-0.2, 0) is 19.1 Å². The van der Waals surface area contributed by atoms with Gasteiger partial charge in [0.2, 0.25) is 5.91 Å². The zero-order valence-electron chi connectivity index (χ0n) is 17.8. The smallest absolute Gasteiger partial charge is 0.338 e. The predicted molar refractivity (Wildman–Crippen MR) is 116 cm³/mol. The van der Waals surface area contributed by atoms with Crippen molar-refractivity contribution in [2.45, 2.75) is 33.7 Å². The molecule has 0 radical (unpaired) electrons. The number of anilines is 1. The SMILES string of the molecule is COCCOC(=O)C1=C(C)N(C)C(=S)N[C@H]1c1cccc(NC(=O)C(C)(C)C)c1. The minimum absolute atomic E-state index is 0.0903. The Labute approximate surface area is 177 Å². The van der Waals surface area contributed by atoms with E-state index in [1.165, 1.54) is 0 Å². The largest absolute Gasteiger partial charge is 0.460 e. The fourth-order valence-electron chi connectivity index (χ4n) is 2.76. The summed E-state index contributed by atoms with van der Waals surface area (Å²) in [6.45, 7) is 7.86. The van der Waals surface area contributed by atoms with Crippen molar-refractivity contribution in [3.05, 3.63) is 41.1 Å². The van der Waals surface area contributed by atoms with E-state index in [0.29, 0.717) is 28.7 Å². The highest BCUT2D eigenvalue weighted by Crippen LogP contribution is 2.32. The van der Waals surface area contributed by atoms with Crippen molar-refractivity contribution in [2.24, 2.45) is 5.41 Å². The number of rotatable bonds is 6. The molecule has 1 aromatic carbocycles. The molecule has 0 aromatic heterocycles. The molecule has 2 rings (SSSR count). The first-order valence-electron chi connectivity index (χ1n) is 9.38. The summed E-state index contributed by atoms with van der Waals surface area (Å²) in [5.74, 6) is -0.525. The summed E-state index contributed by atoms with van der Waals surface area (Å²) in [4.78, 5) is 26.9. The molecule has 8 heteroatoms. The molecule has 0 fully saturated rings. The van der Waals surface area contributed by atoms with Crippen molar-refractivity contribution in [3.63, 3.8) is 0 Å². The van der Waals surface area contributed by atoms with Gasteiger partial charge >= 0.3 is 5.97 Å². The minimum atomic E-state index is -0.518. The number of hydrogen-bond acceptors (Lipinski definition) is 5. The summed E-state index contributed by atoms with van der Waals surface area (Å²) >= 11 is 5.42. The van der Waals surface area contributed by atoms with Gasteiger partial charge in [-0.3, -0.25) is 4.79 Å². The lowest BCUT2D eigenvalue weighted by Crippen LogP contribution is -2.46. The number of carbonyl (C=O) groups is 2. The van der Waals surface area contributed by atoms with E-state index in [2.05, 4.69) is 10.6 Å². The maximum Gasteiger partial charge on any atom is 0.338 e. The van der Waals surface area contributed by atoms with E-state index >= 15 is 0 Å². The van der Waals surface area contributed by atoms with Gasteiger partial charge in [0, 0.05) is 31.0 Å². The Morgan fingerprint density at radius 1 is 1.28 bits per heavy atom. The van der Waals surface area contributed by atoms with Crippen molar-refractivity contribution < 1.29 is 19.1 Å². The normalized spacial score (nSPS) is 17.1. The van der Waals surface area contributed by atoms with E-state index in [9.17, 15) is 9.59 Å². The topological polar surface area (TPSA) is 79.9 Å². The highest BCUT2D eigenvalue weighted by molar-refractivity contribution is 7.80. The van der Waals surface area contributed by atoms with Crippen LogP contribution >= 0.6 is 12.2 Å². The summed E-state index contributed by atoms with van der Waals surface area (Å²) in [7, 11) is 3.34. The van der Waals surface area contributed by atoms with Gasteiger partial charge in [-0.15, -0.1) is 0 Å². The quantitative estimate of drug-likeness (QED) is 0.417. The van der Waals surface area contributed by atoms with Crippen molar-refractivity contribution in [1.29, 1.82) is 0 Å². The second-order valence-electron chi connectivity index (χ2n) is 7.90. The number of amides is 1. The number of nitrogens with zero attached hydrogens (tertiary/aromatic N) is 1. The molecule has 1 heterocycles. The number of benzene rings is 1. The number of nitrogens with one attached hydrogen (secondary N) is 2. The standard InChI is InChI=1S/C21H29N3O4S/c1-13-16(18(25)28-11-10-27-6)17(23-20(29)24(13)5)14-8-7-9-15(12-14)22-19(26)21(2,3)4/h7-9,12,17H,10-11H2,1-6H3,(H,22,26)(H,23,29)/t17-/m0/s1. The van der Waals surface area contributed by atoms with Gasteiger partial charge in [-0.05, 0) is 36.8 Å². The minimum Gasteiger partial charge on any atom is -0.460 e. The van der Waals surface area contributed by atoms with Crippen molar-refractivity contribution in [2.75, 3.05) is 32.7 Å². The lowest BCUT2D eigenvalue weighted by molar-refractivity contribution is -0.140. The van der Waals surface area contributed by atoms with Crippen molar-refractivity contribution in [1.82, 2.24) is 10.2 Å². The van der Waals surface area contributed by atoms with Gasteiger partial charge in [-0.1, -0.05) is 32.9 Å². The summed E-state index contributed by atoms with van der Waals surface area (Å²) in [5.41, 5.74) is 2.11. The van der Waals surface area contributed by atoms with E-state index in [1.807, 2.05) is 52.0 Å². The third-order valence-corrected chi connectivity index (χ3v) is 5.05.